The van der Waals surface area contributed by atoms with Crippen molar-refractivity contribution in [1.29, 1.82) is 0 Å². The summed E-state index contributed by atoms with van der Waals surface area (Å²) in [5.41, 5.74) is 0. The van der Waals surface area contributed by atoms with Crippen molar-refractivity contribution in [3.05, 3.63) is 0 Å². The zero-order valence-corrected chi connectivity index (χ0v) is 5.52. The van der Waals surface area contributed by atoms with Gasteiger partial charge in [0.05, 0.1) is 14.6 Å². The highest BCUT2D eigenvalue weighted by Gasteiger charge is 2.38. The summed E-state index contributed by atoms with van der Waals surface area (Å²) in [5, 5.41) is 0. The fraction of sp³-hybridized carbons (Fsp3) is 1.00. The van der Waals surface area contributed by atoms with Gasteiger partial charge in [-0.2, -0.15) is 0 Å². The monoisotopic (exact) mass is 130 g/mol. The van der Waals surface area contributed by atoms with Crippen LogP contribution in [0.15, 0.2) is 0 Å². The van der Waals surface area contributed by atoms with Gasteiger partial charge in [-0.15, -0.1) is 0 Å². The zero-order valence-electron chi connectivity index (χ0n) is 7.52. The second kappa shape index (κ2) is 1.96. The zero-order chi connectivity index (χ0) is 8.11. The van der Waals surface area contributed by atoms with Gasteiger partial charge in [0.25, 0.3) is 0 Å². The van der Waals surface area contributed by atoms with Crippen LogP contribution in [0.25, 0.3) is 0 Å². The van der Waals surface area contributed by atoms with Crippen LogP contribution in [0.5, 0.6) is 0 Å². The first-order valence-corrected chi connectivity index (χ1v) is 3.36. The van der Waals surface area contributed by atoms with E-state index in [1.165, 1.54) is 0 Å². The Morgan fingerprint density at radius 3 is 3.22 bits per heavy atom. The van der Waals surface area contributed by atoms with Crippen LogP contribution in [0.4, 0.5) is 0 Å². The summed E-state index contributed by atoms with van der Waals surface area (Å²) in [6, 6.07) is 0. The maximum atomic E-state index is 7.96. The van der Waals surface area contributed by atoms with Gasteiger partial charge in [0.15, 0.2) is 6.27 Å². The van der Waals surface area contributed by atoms with E-state index in [1.807, 2.05) is 6.92 Å². The summed E-state index contributed by atoms with van der Waals surface area (Å²) in [5.74, 6) is -0.713. The predicted octanol–water partition coefficient (Wildman–Crippen LogP) is 1.02. The Bertz CT molecular complexity index is 187. The molecule has 2 heteroatoms. The molecule has 2 aliphatic heterocycles. The van der Waals surface area contributed by atoms with Gasteiger partial charge in [-0.05, 0) is 12.3 Å². The first kappa shape index (κ1) is 3.94. The summed E-state index contributed by atoms with van der Waals surface area (Å²) < 4.78 is 25.9. The molecule has 0 radical (unpaired) electrons. The second-order valence-electron chi connectivity index (χ2n) is 2.62. The first-order chi connectivity index (χ1) is 5.08. The standard InChI is InChI=1S/C7H12O2/c1-5-4-9-7-6(5)2-3-8-7/h5-7H,2-4H2,1H3/t5-,6-,7+/m0/s1/i6D,7D. The average molecular weight is 130 g/mol. The molecule has 0 aromatic rings. The molecule has 0 aliphatic carbocycles. The summed E-state index contributed by atoms with van der Waals surface area (Å²) in [7, 11) is 0. The highest BCUT2D eigenvalue weighted by molar-refractivity contribution is 4.79. The third kappa shape index (κ3) is 0.775. The number of hydrogen-bond donors (Lipinski definition) is 0. The number of fused-ring (bicyclic) bond motifs is 1. The van der Waals surface area contributed by atoms with Gasteiger partial charge in [-0.25, -0.2) is 0 Å². The lowest BCUT2D eigenvalue weighted by Gasteiger charge is -2.07. The van der Waals surface area contributed by atoms with E-state index in [2.05, 4.69) is 0 Å². The molecule has 2 aliphatic rings. The molecule has 3 atom stereocenters. The normalized spacial score (nSPS) is 69.2. The molecule has 0 aromatic heterocycles. The van der Waals surface area contributed by atoms with E-state index in [0.29, 0.717) is 19.6 Å². The largest absolute Gasteiger partial charge is 0.352 e. The van der Waals surface area contributed by atoms with Gasteiger partial charge >= 0.3 is 0 Å². The van der Waals surface area contributed by atoms with Crippen LogP contribution in [0.3, 0.4) is 0 Å². The minimum Gasteiger partial charge on any atom is -0.352 e. The summed E-state index contributed by atoms with van der Waals surface area (Å²) >= 11 is 0. The minimum absolute atomic E-state index is 0.113. The van der Waals surface area contributed by atoms with E-state index >= 15 is 0 Å². The topological polar surface area (TPSA) is 18.5 Å². The van der Waals surface area contributed by atoms with Gasteiger partial charge in [-0.1, -0.05) is 6.92 Å². The Balaban J connectivity index is 2.33. The smallest absolute Gasteiger partial charge is 0.160 e. The van der Waals surface area contributed by atoms with Crippen molar-refractivity contribution >= 4 is 0 Å². The molecule has 0 spiro atoms. The minimum atomic E-state index is -1.37. The van der Waals surface area contributed by atoms with Crippen LogP contribution >= 0.6 is 0 Å². The quantitative estimate of drug-likeness (QED) is 0.487. The summed E-state index contributed by atoms with van der Waals surface area (Å²) in [4.78, 5) is 0. The Morgan fingerprint density at radius 1 is 1.56 bits per heavy atom. The molecule has 0 N–H and O–H groups in total. The third-order valence-electron chi connectivity index (χ3n) is 1.93. The Hall–Kier alpha value is -0.0800. The molecule has 9 heavy (non-hydrogen) atoms. The number of hydrogen-bond acceptors (Lipinski definition) is 2. The predicted molar refractivity (Wildman–Crippen MR) is 33.0 cm³/mol. The molecule has 2 heterocycles. The van der Waals surface area contributed by atoms with Gasteiger partial charge < -0.3 is 9.47 Å². The molecule has 0 unspecified atom stereocenters. The Morgan fingerprint density at radius 2 is 2.44 bits per heavy atom. The van der Waals surface area contributed by atoms with Crippen molar-refractivity contribution in [1.82, 2.24) is 0 Å². The van der Waals surface area contributed by atoms with Crippen LogP contribution in [0.1, 0.15) is 16.1 Å². The van der Waals surface area contributed by atoms with Gasteiger partial charge in [0.1, 0.15) is 0 Å². The summed E-state index contributed by atoms with van der Waals surface area (Å²) in [6.45, 7) is 2.91. The first-order valence-electron chi connectivity index (χ1n) is 4.36. The molecule has 2 saturated heterocycles. The van der Waals surface area contributed by atoms with Crippen molar-refractivity contribution in [2.45, 2.75) is 19.6 Å². The van der Waals surface area contributed by atoms with Crippen molar-refractivity contribution < 1.29 is 12.2 Å². The van der Waals surface area contributed by atoms with Crippen LogP contribution in [0, 0.1) is 11.8 Å². The van der Waals surface area contributed by atoms with E-state index in [1.54, 1.807) is 0 Å². The van der Waals surface area contributed by atoms with E-state index in [0.717, 1.165) is 0 Å². The molecule has 0 saturated carbocycles. The van der Waals surface area contributed by atoms with Crippen molar-refractivity contribution in [3.8, 4) is 0 Å². The average Bonchev–Trinajstić information content (AvgIpc) is 2.34. The molecule has 2 rings (SSSR count). The number of ether oxygens (including phenoxy) is 2. The van der Waals surface area contributed by atoms with Crippen molar-refractivity contribution in [2.24, 2.45) is 11.8 Å². The molecule has 0 aromatic carbocycles. The molecule has 0 bridgehead atoms. The number of rotatable bonds is 0. The lowest BCUT2D eigenvalue weighted by molar-refractivity contribution is -0.0905. The lowest BCUT2D eigenvalue weighted by Crippen LogP contribution is -2.12. The van der Waals surface area contributed by atoms with E-state index in [9.17, 15) is 0 Å². The van der Waals surface area contributed by atoms with E-state index in [-0.39, 0.29) is 5.92 Å². The molecule has 0 amide bonds. The molecular weight excluding hydrogens is 116 g/mol. The van der Waals surface area contributed by atoms with Crippen LogP contribution in [-0.4, -0.2) is 19.5 Å². The highest BCUT2D eigenvalue weighted by Crippen LogP contribution is 2.34. The van der Waals surface area contributed by atoms with Crippen LogP contribution in [-0.2, 0) is 9.47 Å². The molecule has 2 fully saturated rings. The SMILES string of the molecule is [2H][C@]12OCC[C@@]1([2H])[C@@H](C)CO2. The second-order valence-corrected chi connectivity index (χ2v) is 2.62. The Kier molecular flexibility index (Phi) is 0.856. The van der Waals surface area contributed by atoms with E-state index in [4.69, 9.17) is 12.2 Å². The highest BCUT2D eigenvalue weighted by atomic mass is 16.7. The van der Waals surface area contributed by atoms with Gasteiger partial charge in [0, 0.05) is 7.26 Å². The summed E-state index contributed by atoms with van der Waals surface area (Å²) in [6.07, 6.45) is -0.746. The maximum absolute atomic E-state index is 7.96. The fourth-order valence-corrected chi connectivity index (χ4v) is 1.33. The van der Waals surface area contributed by atoms with Gasteiger partial charge in [0.2, 0.25) is 0 Å². The lowest BCUT2D eigenvalue weighted by atomic mass is 9.96. The molecular formula is C7H12O2. The maximum Gasteiger partial charge on any atom is 0.160 e. The fourth-order valence-electron chi connectivity index (χ4n) is 1.33. The third-order valence-corrected chi connectivity index (χ3v) is 1.93. The van der Waals surface area contributed by atoms with Crippen molar-refractivity contribution in [3.63, 3.8) is 0 Å². The van der Waals surface area contributed by atoms with Crippen LogP contribution < -0.4 is 0 Å². The molecule has 52 valence electrons. The van der Waals surface area contributed by atoms with Crippen molar-refractivity contribution in [2.75, 3.05) is 13.2 Å². The van der Waals surface area contributed by atoms with Gasteiger partial charge in [-0.3, -0.25) is 0 Å². The Labute approximate surface area is 58.0 Å². The van der Waals surface area contributed by atoms with E-state index < -0.39 is 12.2 Å². The molecule has 2 nitrogen and oxygen atoms in total. The van der Waals surface area contributed by atoms with Crippen LogP contribution in [0.2, 0.25) is 0 Å².